The van der Waals surface area contributed by atoms with E-state index in [1.165, 1.54) is 11.6 Å². The highest BCUT2D eigenvalue weighted by molar-refractivity contribution is 6.03. The quantitative estimate of drug-likeness (QED) is 0.336. The lowest BCUT2D eigenvalue weighted by Crippen LogP contribution is -2.19. The van der Waals surface area contributed by atoms with E-state index >= 15 is 0 Å². The van der Waals surface area contributed by atoms with Crippen LogP contribution in [-0.2, 0) is 13.5 Å². The molecule has 3 N–H and O–H groups in total. The highest BCUT2D eigenvalue weighted by atomic mass is 16.1. The van der Waals surface area contributed by atoms with E-state index in [1.807, 2.05) is 49.1 Å². The maximum Gasteiger partial charge on any atom is 0.258 e. The first kappa shape index (κ1) is 26.2. The summed E-state index contributed by atoms with van der Waals surface area (Å²) in [6, 6.07) is 18.2. The van der Waals surface area contributed by atoms with E-state index in [0.29, 0.717) is 11.2 Å². The summed E-state index contributed by atoms with van der Waals surface area (Å²) in [5.74, 6) is 7.56. The average molecular weight is 532 g/mol. The third-order valence-corrected chi connectivity index (χ3v) is 6.52. The van der Waals surface area contributed by atoms with Crippen molar-refractivity contribution < 1.29 is 4.79 Å². The molecular weight excluding hydrogens is 502 g/mol. The van der Waals surface area contributed by atoms with Gasteiger partial charge in [-0.25, -0.2) is 14.5 Å². The number of anilines is 1. The zero-order valence-electron chi connectivity index (χ0n) is 22.8. The second-order valence-corrected chi connectivity index (χ2v) is 8.97. The molecule has 40 heavy (non-hydrogen) atoms. The zero-order chi connectivity index (χ0) is 28.2. The number of carbonyl (C=O) groups is 1. The first-order valence-corrected chi connectivity index (χ1v) is 12.8. The Labute approximate surface area is 231 Å². The summed E-state index contributed by atoms with van der Waals surface area (Å²) >= 11 is 0. The molecule has 4 heterocycles. The van der Waals surface area contributed by atoms with Crippen molar-refractivity contribution in [2.45, 2.75) is 20.3 Å². The van der Waals surface area contributed by atoms with Gasteiger partial charge in [0.25, 0.3) is 5.91 Å². The van der Waals surface area contributed by atoms with E-state index in [0.717, 1.165) is 45.8 Å². The lowest BCUT2D eigenvalue weighted by atomic mass is 10.1. The Hall–Kier alpha value is -5.43. The summed E-state index contributed by atoms with van der Waals surface area (Å²) in [5.41, 5.74) is 12.5. The Morgan fingerprint density at radius 1 is 1.05 bits per heavy atom. The summed E-state index contributed by atoms with van der Waals surface area (Å²) in [6.07, 6.45) is 5.95. The number of hydrogen-bond acceptors (Lipinski definition) is 6. The van der Waals surface area contributed by atoms with E-state index in [4.69, 9.17) is 10.7 Å². The monoisotopic (exact) mass is 531 g/mol. The van der Waals surface area contributed by atoms with Crippen molar-refractivity contribution >= 4 is 28.4 Å². The topological polar surface area (TPSA) is 121 Å². The number of nitrogen functional groups attached to an aromatic ring is 1. The van der Waals surface area contributed by atoms with Crippen molar-refractivity contribution in [3.63, 3.8) is 0 Å². The number of imidazole rings is 1. The van der Waals surface area contributed by atoms with Crippen LogP contribution in [0.15, 0.2) is 73.2 Å². The van der Waals surface area contributed by atoms with Gasteiger partial charge in [-0.05, 0) is 37.3 Å². The molecule has 0 saturated heterocycles. The van der Waals surface area contributed by atoms with Crippen LogP contribution in [0.3, 0.4) is 0 Å². The Bertz CT molecular complexity index is 1880. The normalized spacial score (nSPS) is 10.6. The number of amides is 1. The number of nitrogens with two attached hydrogens (primary N) is 1. The molecule has 0 aliphatic carbocycles. The molecule has 0 bridgehead atoms. The molecule has 0 unspecified atom stereocenters. The summed E-state index contributed by atoms with van der Waals surface area (Å²) < 4.78 is 5.53. The van der Waals surface area contributed by atoms with E-state index in [9.17, 15) is 4.79 Å². The number of aromatic nitrogens is 7. The predicted molar refractivity (Wildman–Crippen MR) is 155 cm³/mol. The molecule has 0 radical (unpaired) electrons. The van der Waals surface area contributed by atoms with Gasteiger partial charge in [0.05, 0.1) is 34.1 Å². The Kier molecular flexibility index (Phi) is 7.29. The van der Waals surface area contributed by atoms with Crippen molar-refractivity contribution in [1.29, 1.82) is 0 Å². The van der Waals surface area contributed by atoms with Crippen LogP contribution in [0, 0.1) is 18.8 Å². The van der Waals surface area contributed by atoms with Crippen molar-refractivity contribution in [1.82, 2.24) is 39.2 Å². The molecule has 1 amide bonds. The number of carbonyl (C=O) groups excluding carboxylic acids is 1. The minimum Gasteiger partial charge on any atom is -0.381 e. The molecule has 0 atom stereocenters. The smallest absolute Gasteiger partial charge is 0.258 e. The van der Waals surface area contributed by atoms with Crippen molar-refractivity contribution in [2.75, 3.05) is 12.8 Å². The number of aryl methyl sites for hydroxylation is 2. The van der Waals surface area contributed by atoms with Gasteiger partial charge in [-0.1, -0.05) is 43.0 Å². The molecule has 6 aromatic rings. The lowest BCUT2D eigenvalue weighted by Gasteiger charge is -2.09. The molecule has 10 nitrogen and oxygen atoms in total. The number of fused-ring (bicyclic) bond motifs is 2. The van der Waals surface area contributed by atoms with Crippen LogP contribution in [0.2, 0.25) is 0 Å². The average Bonchev–Trinajstić information content (AvgIpc) is 3.64. The van der Waals surface area contributed by atoms with Crippen molar-refractivity contribution in [2.24, 2.45) is 7.05 Å². The molecule has 2 aromatic carbocycles. The lowest BCUT2D eigenvalue weighted by molar-refractivity contribution is 0.0965. The SMILES string of the molecule is CCc1nc2cccc(C#Cc3cnn(C)c3C)c2n1-c1ccccc1.CNC(=O)c1c(N)nn2cccnc12. The van der Waals surface area contributed by atoms with Gasteiger partial charge in [-0.3, -0.25) is 14.0 Å². The van der Waals surface area contributed by atoms with Crippen LogP contribution < -0.4 is 11.1 Å². The van der Waals surface area contributed by atoms with Crippen LogP contribution in [0.4, 0.5) is 5.82 Å². The Morgan fingerprint density at radius 3 is 2.52 bits per heavy atom. The highest BCUT2D eigenvalue weighted by Crippen LogP contribution is 2.25. The summed E-state index contributed by atoms with van der Waals surface area (Å²) in [5, 5.41) is 10.7. The second-order valence-electron chi connectivity index (χ2n) is 8.97. The van der Waals surface area contributed by atoms with Crippen LogP contribution in [-0.4, -0.2) is 46.9 Å². The van der Waals surface area contributed by atoms with Gasteiger partial charge < -0.3 is 11.1 Å². The molecule has 10 heteroatoms. The fourth-order valence-electron chi connectivity index (χ4n) is 4.37. The van der Waals surface area contributed by atoms with E-state index in [1.54, 1.807) is 18.5 Å². The highest BCUT2D eigenvalue weighted by Gasteiger charge is 2.17. The van der Waals surface area contributed by atoms with Gasteiger partial charge in [0, 0.05) is 38.6 Å². The van der Waals surface area contributed by atoms with Gasteiger partial charge >= 0.3 is 0 Å². The number of hydrogen-bond donors (Lipinski definition) is 2. The molecule has 200 valence electrons. The molecule has 0 aliphatic rings. The Morgan fingerprint density at radius 2 is 1.82 bits per heavy atom. The number of benzene rings is 2. The standard InChI is InChI=1S/C22H20N4.C8H9N5O/c1-4-21-24-20-12-8-9-17(13-14-18-15-23-25(3)16(18)2)22(20)26(21)19-10-6-5-7-11-19;1-10-8(14)5-6(9)12-13-4-2-3-11-7(5)13/h5-12,15H,4H2,1-3H3;2-4H,1H3,(H2,9,12)(H,10,14). The third-order valence-electron chi connectivity index (χ3n) is 6.52. The largest absolute Gasteiger partial charge is 0.381 e. The first-order chi connectivity index (χ1) is 19.4. The molecule has 6 rings (SSSR count). The first-order valence-electron chi connectivity index (χ1n) is 12.8. The Balaban J connectivity index is 0.000000194. The minimum absolute atomic E-state index is 0.183. The fourth-order valence-corrected chi connectivity index (χ4v) is 4.37. The minimum atomic E-state index is -0.281. The van der Waals surface area contributed by atoms with Crippen LogP contribution in [0.25, 0.3) is 22.4 Å². The van der Waals surface area contributed by atoms with E-state index < -0.39 is 0 Å². The maximum absolute atomic E-state index is 11.4. The predicted octanol–water partition coefficient (Wildman–Crippen LogP) is 3.70. The fraction of sp³-hybridized carbons (Fsp3) is 0.167. The van der Waals surface area contributed by atoms with Crippen molar-refractivity contribution in [3.8, 4) is 17.5 Å². The van der Waals surface area contributed by atoms with Crippen LogP contribution >= 0.6 is 0 Å². The zero-order valence-corrected chi connectivity index (χ0v) is 22.8. The number of rotatable bonds is 3. The summed E-state index contributed by atoms with van der Waals surface area (Å²) in [7, 11) is 3.47. The van der Waals surface area contributed by atoms with Crippen molar-refractivity contribution in [3.05, 3.63) is 101 Å². The molecule has 0 aliphatic heterocycles. The molecular formula is C30H29N9O. The van der Waals surface area contributed by atoms with Gasteiger partial charge in [0.15, 0.2) is 11.5 Å². The van der Waals surface area contributed by atoms with E-state index in [2.05, 4.69) is 68.1 Å². The van der Waals surface area contributed by atoms with Crippen LogP contribution in [0.5, 0.6) is 0 Å². The molecule has 0 spiro atoms. The maximum atomic E-state index is 11.4. The number of nitrogens with one attached hydrogen (secondary N) is 1. The van der Waals surface area contributed by atoms with Gasteiger partial charge in [0.1, 0.15) is 11.4 Å². The second kappa shape index (κ2) is 11.1. The number of para-hydroxylation sites is 2. The molecule has 0 saturated carbocycles. The third kappa shape index (κ3) is 4.88. The van der Waals surface area contributed by atoms with Crippen LogP contribution in [0.1, 0.15) is 39.9 Å². The van der Waals surface area contributed by atoms with Gasteiger partial charge in [0.2, 0.25) is 0 Å². The summed E-state index contributed by atoms with van der Waals surface area (Å²) in [4.78, 5) is 20.3. The van der Waals surface area contributed by atoms with E-state index in [-0.39, 0.29) is 11.7 Å². The number of nitrogens with zero attached hydrogens (tertiary/aromatic N) is 7. The van der Waals surface area contributed by atoms with Gasteiger partial charge in [-0.15, -0.1) is 5.10 Å². The molecule has 0 fully saturated rings. The van der Waals surface area contributed by atoms with Gasteiger partial charge in [-0.2, -0.15) is 5.10 Å². The molecule has 4 aromatic heterocycles. The summed E-state index contributed by atoms with van der Waals surface area (Å²) in [6.45, 7) is 4.16.